The maximum atomic E-state index is 11.5. The van der Waals surface area contributed by atoms with Crippen molar-refractivity contribution >= 4 is 22.9 Å². The van der Waals surface area contributed by atoms with Gasteiger partial charge in [-0.05, 0) is 12.8 Å². The van der Waals surface area contributed by atoms with Crippen LogP contribution < -0.4 is 0 Å². The molecule has 1 aromatic rings. The minimum absolute atomic E-state index is 0.0361. The highest BCUT2D eigenvalue weighted by atomic mass is 32.1. The first kappa shape index (κ1) is 9.52. The molecule has 4 heteroatoms. The van der Waals surface area contributed by atoms with E-state index in [0.717, 1.165) is 19.3 Å². The topological polar surface area (TPSA) is 47.0 Å². The normalized spacial score (nSPS) is 16.3. The van der Waals surface area contributed by atoms with Gasteiger partial charge in [0.1, 0.15) is 11.5 Å². The highest BCUT2D eigenvalue weighted by Crippen LogP contribution is 2.28. The molecule has 1 fully saturated rings. The van der Waals surface area contributed by atoms with Crippen molar-refractivity contribution in [2.45, 2.75) is 25.7 Å². The number of hydrogen-bond donors (Lipinski definition) is 0. The molecule has 2 rings (SSSR count). The average molecular weight is 209 g/mol. The number of rotatable bonds is 4. The van der Waals surface area contributed by atoms with E-state index in [1.165, 1.54) is 11.3 Å². The lowest BCUT2D eigenvalue weighted by atomic mass is 9.80. The summed E-state index contributed by atoms with van der Waals surface area (Å²) < 4.78 is 0. The van der Waals surface area contributed by atoms with Crippen LogP contribution in [-0.2, 0) is 4.79 Å². The maximum Gasteiger partial charge on any atom is 0.189 e. The minimum Gasteiger partial charge on any atom is -0.299 e. The van der Waals surface area contributed by atoms with E-state index >= 15 is 0 Å². The van der Waals surface area contributed by atoms with Gasteiger partial charge in [0, 0.05) is 11.3 Å². The standard InChI is InChI=1S/C10H11NO2S/c12-9(7-2-1-3-7)4-10(13)8-5-14-6-11-8/h5-7H,1-4H2. The number of aromatic nitrogens is 1. The Labute approximate surface area is 86.2 Å². The molecule has 1 saturated carbocycles. The number of thiazole rings is 1. The summed E-state index contributed by atoms with van der Waals surface area (Å²) in [6, 6.07) is 0. The maximum absolute atomic E-state index is 11.5. The fraction of sp³-hybridized carbons (Fsp3) is 0.500. The van der Waals surface area contributed by atoms with E-state index in [2.05, 4.69) is 4.98 Å². The molecule has 74 valence electrons. The molecule has 3 nitrogen and oxygen atoms in total. The van der Waals surface area contributed by atoms with Gasteiger partial charge in [0.2, 0.25) is 0 Å². The molecule has 0 N–H and O–H groups in total. The van der Waals surface area contributed by atoms with E-state index in [0.29, 0.717) is 5.69 Å². The summed E-state index contributed by atoms with van der Waals surface area (Å²) in [4.78, 5) is 26.9. The van der Waals surface area contributed by atoms with Crippen LogP contribution in [0.3, 0.4) is 0 Å². The van der Waals surface area contributed by atoms with Crippen LogP contribution in [-0.4, -0.2) is 16.6 Å². The third-order valence-corrected chi connectivity index (χ3v) is 3.20. The van der Waals surface area contributed by atoms with Crippen LogP contribution in [0.15, 0.2) is 10.9 Å². The van der Waals surface area contributed by atoms with Gasteiger partial charge in [-0.1, -0.05) is 6.42 Å². The molecule has 0 amide bonds. The first-order valence-electron chi connectivity index (χ1n) is 4.71. The molecule has 0 bridgehead atoms. The van der Waals surface area contributed by atoms with Crippen molar-refractivity contribution < 1.29 is 9.59 Å². The Morgan fingerprint density at radius 2 is 2.29 bits per heavy atom. The van der Waals surface area contributed by atoms with Gasteiger partial charge in [0.05, 0.1) is 11.9 Å². The smallest absolute Gasteiger partial charge is 0.189 e. The molecule has 0 unspecified atom stereocenters. The largest absolute Gasteiger partial charge is 0.299 e. The monoisotopic (exact) mass is 209 g/mol. The Bertz CT molecular complexity index is 341. The molecule has 1 aliphatic rings. The molecule has 1 aromatic heterocycles. The van der Waals surface area contributed by atoms with Crippen molar-refractivity contribution in [3.05, 3.63) is 16.6 Å². The van der Waals surface area contributed by atoms with E-state index in [9.17, 15) is 9.59 Å². The Morgan fingerprint density at radius 1 is 1.50 bits per heavy atom. The summed E-state index contributed by atoms with van der Waals surface area (Å²) in [5.41, 5.74) is 2.05. The predicted octanol–water partition coefficient (Wildman–Crippen LogP) is 2.09. The fourth-order valence-corrected chi connectivity index (χ4v) is 2.03. The third-order valence-electron chi connectivity index (χ3n) is 2.61. The zero-order valence-corrected chi connectivity index (χ0v) is 8.55. The highest BCUT2D eigenvalue weighted by Gasteiger charge is 2.27. The lowest BCUT2D eigenvalue weighted by molar-refractivity contribution is -0.124. The number of carbonyl (C=O) groups excluding carboxylic acids is 2. The van der Waals surface area contributed by atoms with Crippen molar-refractivity contribution in [3.8, 4) is 0 Å². The van der Waals surface area contributed by atoms with E-state index in [1.54, 1.807) is 10.9 Å². The zero-order chi connectivity index (χ0) is 9.97. The number of carbonyl (C=O) groups is 2. The van der Waals surface area contributed by atoms with Gasteiger partial charge in [0.25, 0.3) is 0 Å². The Kier molecular flexibility index (Phi) is 2.72. The van der Waals surface area contributed by atoms with Crippen LogP contribution in [0, 0.1) is 5.92 Å². The number of nitrogens with zero attached hydrogens (tertiary/aromatic N) is 1. The first-order valence-corrected chi connectivity index (χ1v) is 5.66. The Morgan fingerprint density at radius 3 is 2.79 bits per heavy atom. The average Bonchev–Trinajstić information content (AvgIpc) is 2.51. The summed E-state index contributed by atoms with van der Waals surface area (Å²) in [7, 11) is 0. The third kappa shape index (κ3) is 1.90. The van der Waals surface area contributed by atoms with Gasteiger partial charge >= 0.3 is 0 Å². The van der Waals surface area contributed by atoms with Crippen molar-refractivity contribution in [3.63, 3.8) is 0 Å². The second-order valence-corrected chi connectivity index (χ2v) is 4.29. The van der Waals surface area contributed by atoms with Gasteiger partial charge in [-0.2, -0.15) is 0 Å². The summed E-state index contributed by atoms with van der Waals surface area (Å²) in [5.74, 6) is 0.106. The zero-order valence-electron chi connectivity index (χ0n) is 7.73. The number of Topliss-reactive ketones (excluding diaryl/α,β-unsaturated/α-hetero) is 2. The van der Waals surface area contributed by atoms with Crippen LogP contribution in [0.4, 0.5) is 0 Å². The fourth-order valence-electron chi connectivity index (χ4n) is 1.47. The summed E-state index contributed by atoms with van der Waals surface area (Å²) >= 11 is 1.38. The minimum atomic E-state index is -0.136. The van der Waals surface area contributed by atoms with Crippen LogP contribution in [0.5, 0.6) is 0 Å². The summed E-state index contributed by atoms with van der Waals surface area (Å²) in [6.45, 7) is 0. The molecular weight excluding hydrogens is 198 g/mol. The Hall–Kier alpha value is -1.03. The van der Waals surface area contributed by atoms with E-state index in [4.69, 9.17) is 0 Å². The van der Waals surface area contributed by atoms with Crippen molar-refractivity contribution in [2.75, 3.05) is 0 Å². The SMILES string of the molecule is O=C(CC(=O)C1CCC1)c1cscn1. The van der Waals surface area contributed by atoms with Crippen molar-refractivity contribution in [1.29, 1.82) is 0 Å². The van der Waals surface area contributed by atoms with Gasteiger partial charge in [0.15, 0.2) is 5.78 Å². The molecule has 0 aliphatic heterocycles. The van der Waals surface area contributed by atoms with E-state index in [-0.39, 0.29) is 23.9 Å². The van der Waals surface area contributed by atoms with Crippen molar-refractivity contribution in [2.24, 2.45) is 5.92 Å². The molecule has 0 spiro atoms. The highest BCUT2D eigenvalue weighted by molar-refractivity contribution is 7.07. The second kappa shape index (κ2) is 4.00. The van der Waals surface area contributed by atoms with E-state index < -0.39 is 0 Å². The molecule has 1 heterocycles. The van der Waals surface area contributed by atoms with Gasteiger partial charge < -0.3 is 0 Å². The van der Waals surface area contributed by atoms with E-state index in [1.807, 2.05) is 0 Å². The quantitative estimate of drug-likeness (QED) is 0.563. The first-order chi connectivity index (χ1) is 6.77. The molecule has 0 saturated heterocycles. The lowest BCUT2D eigenvalue weighted by Gasteiger charge is -2.23. The molecule has 0 radical (unpaired) electrons. The summed E-state index contributed by atoms with van der Waals surface area (Å²) in [5, 5.41) is 1.69. The molecule has 1 aliphatic carbocycles. The van der Waals surface area contributed by atoms with Crippen LogP contribution in [0.25, 0.3) is 0 Å². The van der Waals surface area contributed by atoms with Crippen LogP contribution in [0.2, 0.25) is 0 Å². The van der Waals surface area contributed by atoms with Gasteiger partial charge in [-0.3, -0.25) is 9.59 Å². The number of ketones is 2. The van der Waals surface area contributed by atoms with Gasteiger partial charge in [-0.25, -0.2) is 4.98 Å². The molecular formula is C10H11NO2S. The summed E-state index contributed by atoms with van der Waals surface area (Å²) in [6.07, 6.45) is 3.09. The lowest BCUT2D eigenvalue weighted by Crippen LogP contribution is -2.24. The predicted molar refractivity (Wildman–Crippen MR) is 53.4 cm³/mol. The molecule has 14 heavy (non-hydrogen) atoms. The molecule has 0 atom stereocenters. The van der Waals surface area contributed by atoms with Crippen molar-refractivity contribution in [1.82, 2.24) is 4.98 Å². The van der Waals surface area contributed by atoms with Gasteiger partial charge in [-0.15, -0.1) is 11.3 Å². The Balaban J connectivity index is 1.91. The van der Waals surface area contributed by atoms with Crippen LogP contribution in [0.1, 0.15) is 36.2 Å². The number of hydrogen-bond acceptors (Lipinski definition) is 4. The molecule has 0 aromatic carbocycles. The second-order valence-electron chi connectivity index (χ2n) is 3.57. The van der Waals surface area contributed by atoms with Crippen LogP contribution >= 0.6 is 11.3 Å².